The molecular weight excluding hydrogens is 440 g/mol. The lowest BCUT2D eigenvalue weighted by atomic mass is 10.1. The third-order valence-corrected chi connectivity index (χ3v) is 7.43. The number of benzene rings is 2. The van der Waals surface area contributed by atoms with Crippen LogP contribution in [0, 0.1) is 0 Å². The van der Waals surface area contributed by atoms with Gasteiger partial charge in [0.25, 0.3) is 0 Å². The van der Waals surface area contributed by atoms with Gasteiger partial charge in [0.2, 0.25) is 15.9 Å². The predicted octanol–water partition coefficient (Wildman–Crippen LogP) is 4.04. The molecule has 1 unspecified atom stereocenters. The highest BCUT2D eigenvalue weighted by Gasteiger charge is 2.25. The van der Waals surface area contributed by atoms with Gasteiger partial charge in [0, 0.05) is 17.6 Å². The molecule has 7 heteroatoms. The number of rotatable bonds is 6. The van der Waals surface area contributed by atoms with Crippen molar-refractivity contribution in [1.29, 1.82) is 0 Å². The van der Waals surface area contributed by atoms with Crippen LogP contribution in [0.2, 0.25) is 0 Å². The van der Waals surface area contributed by atoms with Gasteiger partial charge in [-0.15, -0.1) is 0 Å². The molecule has 1 aliphatic heterocycles. The minimum absolute atomic E-state index is 0.0953. The summed E-state index contributed by atoms with van der Waals surface area (Å²) in [6.07, 6.45) is 3.12. The van der Waals surface area contributed by atoms with Crippen molar-refractivity contribution in [3.8, 4) is 0 Å². The van der Waals surface area contributed by atoms with Gasteiger partial charge in [-0.3, -0.25) is 4.79 Å². The van der Waals surface area contributed by atoms with Crippen LogP contribution in [0.3, 0.4) is 0 Å². The zero-order chi connectivity index (χ0) is 20.1. The summed E-state index contributed by atoms with van der Waals surface area (Å²) in [5, 5.41) is 2.98. The Balaban J connectivity index is 1.60. The summed E-state index contributed by atoms with van der Waals surface area (Å²) in [6.45, 7) is 3.11. The average Bonchev–Trinajstić information content (AvgIpc) is 2.69. The second kappa shape index (κ2) is 9.20. The Bertz CT molecular complexity index is 906. The van der Waals surface area contributed by atoms with Crippen molar-refractivity contribution in [2.75, 3.05) is 13.1 Å². The second-order valence-corrected chi connectivity index (χ2v) is 9.98. The maximum absolute atomic E-state index is 12.7. The zero-order valence-electron chi connectivity index (χ0n) is 15.9. The molecule has 0 radical (unpaired) electrons. The van der Waals surface area contributed by atoms with Crippen molar-refractivity contribution < 1.29 is 13.2 Å². The molecule has 150 valence electrons. The van der Waals surface area contributed by atoms with Crippen LogP contribution in [0.15, 0.2) is 57.9 Å². The largest absolute Gasteiger partial charge is 0.349 e. The van der Waals surface area contributed by atoms with Crippen molar-refractivity contribution in [3.63, 3.8) is 0 Å². The van der Waals surface area contributed by atoms with Gasteiger partial charge >= 0.3 is 0 Å². The normalized spacial score (nSPS) is 16.5. The van der Waals surface area contributed by atoms with Gasteiger partial charge in [-0.2, -0.15) is 4.31 Å². The lowest BCUT2D eigenvalue weighted by Gasteiger charge is -2.25. The first kappa shape index (κ1) is 21.0. The van der Waals surface area contributed by atoms with E-state index in [2.05, 4.69) is 21.2 Å². The van der Waals surface area contributed by atoms with E-state index in [-0.39, 0.29) is 18.4 Å². The first-order chi connectivity index (χ1) is 13.4. The fourth-order valence-corrected chi connectivity index (χ4v) is 5.13. The number of nitrogens with one attached hydrogen (secondary N) is 1. The predicted molar refractivity (Wildman–Crippen MR) is 113 cm³/mol. The van der Waals surface area contributed by atoms with Crippen molar-refractivity contribution in [1.82, 2.24) is 9.62 Å². The molecule has 5 nitrogen and oxygen atoms in total. The number of hydrogen-bond acceptors (Lipinski definition) is 3. The summed E-state index contributed by atoms with van der Waals surface area (Å²) in [4.78, 5) is 12.6. The third kappa shape index (κ3) is 5.21. The summed E-state index contributed by atoms with van der Waals surface area (Å²) >= 11 is 3.40. The molecule has 1 saturated heterocycles. The number of nitrogens with zero attached hydrogens (tertiary/aromatic N) is 1. The Morgan fingerprint density at radius 2 is 1.64 bits per heavy atom. The van der Waals surface area contributed by atoms with Gasteiger partial charge in [0.1, 0.15) is 0 Å². The molecule has 1 N–H and O–H groups in total. The minimum atomic E-state index is -3.44. The van der Waals surface area contributed by atoms with E-state index in [0.29, 0.717) is 18.0 Å². The molecule has 1 amide bonds. The SMILES string of the molecule is CC(NC(=O)Cc1ccc(S(=O)(=O)N2CCCCC2)cc1)c1ccc(Br)cc1. The van der Waals surface area contributed by atoms with Crippen LogP contribution in [0.25, 0.3) is 0 Å². The smallest absolute Gasteiger partial charge is 0.243 e. The molecule has 0 aromatic heterocycles. The molecule has 0 aliphatic carbocycles. The van der Waals surface area contributed by atoms with E-state index in [9.17, 15) is 13.2 Å². The summed E-state index contributed by atoms with van der Waals surface area (Å²) < 4.78 is 27.9. The van der Waals surface area contributed by atoms with Crippen LogP contribution in [-0.4, -0.2) is 31.7 Å². The van der Waals surface area contributed by atoms with Gasteiger partial charge in [-0.05, 0) is 55.2 Å². The maximum Gasteiger partial charge on any atom is 0.243 e. The maximum atomic E-state index is 12.7. The molecule has 2 aromatic rings. The number of sulfonamides is 1. The standard InChI is InChI=1S/C21H25BrN2O3S/c1-16(18-7-9-19(22)10-8-18)23-21(25)15-17-5-11-20(12-6-17)28(26,27)24-13-3-2-4-14-24/h5-12,16H,2-4,13-15H2,1H3,(H,23,25). The van der Waals surface area contributed by atoms with Gasteiger partial charge < -0.3 is 5.32 Å². The van der Waals surface area contributed by atoms with Crippen LogP contribution in [-0.2, 0) is 21.2 Å². The van der Waals surface area contributed by atoms with E-state index in [1.54, 1.807) is 28.6 Å². The number of piperidine rings is 1. The lowest BCUT2D eigenvalue weighted by molar-refractivity contribution is -0.121. The number of hydrogen-bond donors (Lipinski definition) is 1. The Hall–Kier alpha value is -1.70. The van der Waals surface area contributed by atoms with Crippen molar-refractivity contribution in [2.24, 2.45) is 0 Å². The molecular formula is C21H25BrN2O3S. The van der Waals surface area contributed by atoms with Crippen LogP contribution >= 0.6 is 15.9 Å². The average molecular weight is 465 g/mol. The highest BCUT2D eigenvalue weighted by Crippen LogP contribution is 2.21. The highest BCUT2D eigenvalue weighted by atomic mass is 79.9. The molecule has 1 fully saturated rings. The summed E-state index contributed by atoms with van der Waals surface area (Å²) in [7, 11) is -3.44. The molecule has 2 aromatic carbocycles. The zero-order valence-corrected chi connectivity index (χ0v) is 18.3. The van der Waals surface area contributed by atoms with E-state index in [4.69, 9.17) is 0 Å². The summed E-state index contributed by atoms with van der Waals surface area (Å²) in [5.74, 6) is -0.0953. The monoisotopic (exact) mass is 464 g/mol. The molecule has 0 spiro atoms. The third-order valence-electron chi connectivity index (χ3n) is 4.99. The van der Waals surface area contributed by atoms with Gasteiger partial charge in [-0.1, -0.05) is 46.6 Å². The van der Waals surface area contributed by atoms with Crippen molar-refractivity contribution >= 4 is 31.9 Å². The van der Waals surface area contributed by atoms with Crippen molar-refractivity contribution in [2.45, 2.75) is 43.5 Å². The van der Waals surface area contributed by atoms with E-state index in [1.165, 1.54) is 0 Å². The van der Waals surface area contributed by atoms with Crippen LogP contribution < -0.4 is 5.32 Å². The fourth-order valence-electron chi connectivity index (χ4n) is 3.35. The van der Waals surface area contributed by atoms with Gasteiger partial charge in [0.15, 0.2) is 0 Å². The first-order valence-electron chi connectivity index (χ1n) is 9.50. The molecule has 1 atom stereocenters. The second-order valence-electron chi connectivity index (χ2n) is 7.13. The van der Waals surface area contributed by atoms with E-state index in [0.717, 1.165) is 34.9 Å². The fraction of sp³-hybridized carbons (Fsp3) is 0.381. The number of carbonyl (C=O) groups is 1. The Labute approximate surface area is 175 Å². The van der Waals surface area contributed by atoms with Gasteiger partial charge in [0.05, 0.1) is 17.4 Å². The van der Waals surface area contributed by atoms with Crippen LogP contribution in [0.5, 0.6) is 0 Å². The lowest BCUT2D eigenvalue weighted by Crippen LogP contribution is -2.35. The molecule has 0 bridgehead atoms. The number of amides is 1. The van der Waals surface area contributed by atoms with Crippen LogP contribution in [0.4, 0.5) is 0 Å². The molecule has 0 saturated carbocycles. The summed E-state index contributed by atoms with van der Waals surface area (Å²) in [6, 6.07) is 14.4. The number of halogens is 1. The van der Waals surface area contributed by atoms with E-state index < -0.39 is 10.0 Å². The molecule has 3 rings (SSSR count). The van der Waals surface area contributed by atoms with E-state index >= 15 is 0 Å². The van der Waals surface area contributed by atoms with Crippen LogP contribution in [0.1, 0.15) is 43.4 Å². The van der Waals surface area contributed by atoms with Gasteiger partial charge in [-0.25, -0.2) is 8.42 Å². The Morgan fingerprint density at radius 3 is 2.25 bits per heavy atom. The molecule has 1 heterocycles. The molecule has 1 aliphatic rings. The Morgan fingerprint density at radius 1 is 1.04 bits per heavy atom. The Kier molecular flexibility index (Phi) is 6.91. The topological polar surface area (TPSA) is 66.5 Å². The summed E-state index contributed by atoms with van der Waals surface area (Å²) in [5.41, 5.74) is 1.82. The van der Waals surface area contributed by atoms with E-state index in [1.807, 2.05) is 31.2 Å². The quantitative estimate of drug-likeness (QED) is 0.700. The van der Waals surface area contributed by atoms with Crippen molar-refractivity contribution in [3.05, 3.63) is 64.1 Å². The highest BCUT2D eigenvalue weighted by molar-refractivity contribution is 9.10. The molecule has 28 heavy (non-hydrogen) atoms. The first-order valence-corrected chi connectivity index (χ1v) is 11.7. The number of carbonyl (C=O) groups excluding carboxylic acids is 1. The minimum Gasteiger partial charge on any atom is -0.349 e.